The highest BCUT2D eigenvalue weighted by molar-refractivity contribution is 6.09. The van der Waals surface area contributed by atoms with Crippen molar-refractivity contribution in [3.8, 4) is 23.8 Å². The Bertz CT molecular complexity index is 874. The molecule has 0 aliphatic rings. The number of ether oxygens (including phenoxy) is 3. The maximum Gasteiger partial charge on any atom is 0.407 e. The molecule has 0 aliphatic carbocycles. The standard InChI is InChI=1S/C24H27NO5/c1-5-16-28-20-11-7-18(8-12-20)22(26)19-9-13-21(14-10-19)29-17-6-15-25-23(27)30-24(2,3)4/h1,7-14H,6,15-17H2,2-4H3,(H,25,27). The molecule has 0 unspecified atom stereocenters. The largest absolute Gasteiger partial charge is 0.494 e. The molecule has 0 bridgehead atoms. The highest BCUT2D eigenvalue weighted by Crippen LogP contribution is 2.18. The normalized spacial score (nSPS) is 10.6. The molecule has 6 nitrogen and oxygen atoms in total. The lowest BCUT2D eigenvalue weighted by atomic mass is 10.0. The van der Waals surface area contributed by atoms with Gasteiger partial charge >= 0.3 is 6.09 Å². The molecule has 0 spiro atoms. The second kappa shape index (κ2) is 10.9. The summed E-state index contributed by atoms with van der Waals surface area (Å²) in [5.74, 6) is 3.58. The van der Waals surface area contributed by atoms with Crippen LogP contribution in [0, 0.1) is 12.3 Å². The van der Waals surface area contributed by atoms with Crippen molar-refractivity contribution in [2.75, 3.05) is 19.8 Å². The van der Waals surface area contributed by atoms with Crippen LogP contribution in [0.5, 0.6) is 11.5 Å². The molecule has 1 amide bonds. The molecule has 2 aromatic carbocycles. The Morgan fingerprint density at radius 3 is 1.97 bits per heavy atom. The van der Waals surface area contributed by atoms with Crippen LogP contribution in [-0.4, -0.2) is 37.2 Å². The number of rotatable bonds is 9. The molecule has 0 radical (unpaired) electrons. The number of hydrogen-bond donors (Lipinski definition) is 1. The Labute approximate surface area is 177 Å². The van der Waals surface area contributed by atoms with E-state index in [0.29, 0.717) is 42.2 Å². The summed E-state index contributed by atoms with van der Waals surface area (Å²) < 4.78 is 16.1. The van der Waals surface area contributed by atoms with Gasteiger partial charge in [-0.25, -0.2) is 4.79 Å². The smallest absolute Gasteiger partial charge is 0.407 e. The van der Waals surface area contributed by atoms with Crippen molar-refractivity contribution >= 4 is 11.9 Å². The van der Waals surface area contributed by atoms with Crippen LogP contribution >= 0.6 is 0 Å². The van der Waals surface area contributed by atoms with E-state index < -0.39 is 11.7 Å². The first-order valence-electron chi connectivity index (χ1n) is 9.69. The topological polar surface area (TPSA) is 73.9 Å². The van der Waals surface area contributed by atoms with E-state index in [1.807, 2.05) is 20.8 Å². The lowest BCUT2D eigenvalue weighted by molar-refractivity contribution is 0.0525. The lowest BCUT2D eigenvalue weighted by Gasteiger charge is -2.19. The maximum atomic E-state index is 12.6. The van der Waals surface area contributed by atoms with Crippen LogP contribution in [0.25, 0.3) is 0 Å². The third kappa shape index (κ3) is 7.88. The van der Waals surface area contributed by atoms with Gasteiger partial charge in [0.2, 0.25) is 0 Å². The molecule has 0 aromatic heterocycles. The Balaban J connectivity index is 1.77. The van der Waals surface area contributed by atoms with E-state index >= 15 is 0 Å². The molecule has 0 heterocycles. The number of nitrogens with one attached hydrogen (secondary N) is 1. The van der Waals surface area contributed by atoms with Crippen molar-refractivity contribution in [2.24, 2.45) is 0 Å². The quantitative estimate of drug-likeness (QED) is 0.381. The SMILES string of the molecule is C#CCOc1ccc(C(=O)c2ccc(OCCCNC(=O)OC(C)(C)C)cc2)cc1. The predicted octanol–water partition coefficient (Wildman–Crippen LogP) is 4.22. The van der Waals surface area contributed by atoms with Crippen LogP contribution in [0.2, 0.25) is 0 Å². The van der Waals surface area contributed by atoms with Crippen LogP contribution in [0.1, 0.15) is 43.1 Å². The highest BCUT2D eigenvalue weighted by Gasteiger charge is 2.15. The minimum atomic E-state index is -0.516. The number of ketones is 1. The molecule has 0 fully saturated rings. The summed E-state index contributed by atoms with van der Waals surface area (Å²) in [7, 11) is 0. The van der Waals surface area contributed by atoms with Crippen LogP contribution in [0.15, 0.2) is 48.5 Å². The van der Waals surface area contributed by atoms with Gasteiger partial charge in [0.15, 0.2) is 5.78 Å². The summed E-state index contributed by atoms with van der Waals surface area (Å²) in [6.45, 7) is 6.51. The van der Waals surface area contributed by atoms with E-state index in [1.165, 1.54) is 0 Å². The van der Waals surface area contributed by atoms with E-state index in [-0.39, 0.29) is 12.4 Å². The zero-order valence-electron chi connectivity index (χ0n) is 17.6. The second-order valence-corrected chi connectivity index (χ2v) is 7.50. The first-order valence-corrected chi connectivity index (χ1v) is 9.69. The molecule has 0 atom stereocenters. The van der Waals surface area contributed by atoms with Crippen LogP contribution in [-0.2, 0) is 4.74 Å². The molecule has 6 heteroatoms. The van der Waals surface area contributed by atoms with Crippen molar-refractivity contribution in [1.82, 2.24) is 5.32 Å². The number of alkyl carbamates (subject to hydrolysis) is 1. The van der Waals surface area contributed by atoms with Gasteiger partial charge in [0, 0.05) is 17.7 Å². The van der Waals surface area contributed by atoms with Crippen LogP contribution in [0.4, 0.5) is 4.79 Å². The molecule has 2 aromatic rings. The van der Waals surface area contributed by atoms with Crippen molar-refractivity contribution in [3.05, 3.63) is 59.7 Å². The fourth-order valence-electron chi connectivity index (χ4n) is 2.46. The van der Waals surface area contributed by atoms with Crippen molar-refractivity contribution in [1.29, 1.82) is 0 Å². The summed E-state index contributed by atoms with van der Waals surface area (Å²) in [5, 5.41) is 2.68. The zero-order valence-corrected chi connectivity index (χ0v) is 17.6. The van der Waals surface area contributed by atoms with Gasteiger partial charge in [-0.1, -0.05) is 5.92 Å². The molecule has 2 rings (SSSR count). The van der Waals surface area contributed by atoms with Crippen molar-refractivity contribution in [3.63, 3.8) is 0 Å². The van der Waals surface area contributed by atoms with E-state index in [1.54, 1.807) is 48.5 Å². The molecule has 0 saturated carbocycles. The summed E-state index contributed by atoms with van der Waals surface area (Å²) in [6, 6.07) is 13.8. The summed E-state index contributed by atoms with van der Waals surface area (Å²) >= 11 is 0. The number of amides is 1. The van der Waals surface area contributed by atoms with Crippen molar-refractivity contribution in [2.45, 2.75) is 32.8 Å². The number of carbonyl (C=O) groups is 2. The molecule has 30 heavy (non-hydrogen) atoms. The van der Waals surface area contributed by atoms with Crippen LogP contribution in [0.3, 0.4) is 0 Å². The Morgan fingerprint density at radius 2 is 1.47 bits per heavy atom. The highest BCUT2D eigenvalue weighted by atomic mass is 16.6. The monoisotopic (exact) mass is 409 g/mol. The lowest BCUT2D eigenvalue weighted by Crippen LogP contribution is -2.33. The summed E-state index contributed by atoms with van der Waals surface area (Å²) in [5.41, 5.74) is 0.605. The average Bonchev–Trinajstić information content (AvgIpc) is 2.71. The van der Waals surface area contributed by atoms with Gasteiger partial charge in [0.1, 0.15) is 23.7 Å². The summed E-state index contributed by atoms with van der Waals surface area (Å²) in [4.78, 5) is 24.1. The third-order valence-electron chi connectivity index (χ3n) is 3.81. The molecule has 1 N–H and O–H groups in total. The Morgan fingerprint density at radius 1 is 0.933 bits per heavy atom. The van der Waals surface area contributed by atoms with Gasteiger partial charge in [-0.05, 0) is 75.7 Å². The molecule has 158 valence electrons. The first-order chi connectivity index (χ1) is 14.3. The minimum absolute atomic E-state index is 0.0911. The van der Waals surface area contributed by atoms with Gasteiger partial charge in [-0.15, -0.1) is 6.42 Å². The molecular formula is C24H27NO5. The van der Waals surface area contributed by atoms with Crippen LogP contribution < -0.4 is 14.8 Å². The predicted molar refractivity (Wildman–Crippen MR) is 115 cm³/mol. The fourth-order valence-corrected chi connectivity index (χ4v) is 2.46. The van der Waals surface area contributed by atoms with Gasteiger partial charge in [-0.2, -0.15) is 0 Å². The Hall–Kier alpha value is -3.46. The fraction of sp³-hybridized carbons (Fsp3) is 0.333. The number of benzene rings is 2. The minimum Gasteiger partial charge on any atom is -0.494 e. The van der Waals surface area contributed by atoms with Gasteiger partial charge in [0.25, 0.3) is 0 Å². The third-order valence-corrected chi connectivity index (χ3v) is 3.81. The van der Waals surface area contributed by atoms with Gasteiger partial charge in [0.05, 0.1) is 6.61 Å². The van der Waals surface area contributed by atoms with Gasteiger partial charge < -0.3 is 19.5 Å². The van der Waals surface area contributed by atoms with E-state index in [4.69, 9.17) is 20.6 Å². The average molecular weight is 409 g/mol. The molecule has 0 saturated heterocycles. The number of hydrogen-bond acceptors (Lipinski definition) is 5. The molecule has 0 aliphatic heterocycles. The van der Waals surface area contributed by atoms with E-state index in [9.17, 15) is 9.59 Å². The van der Waals surface area contributed by atoms with Gasteiger partial charge in [-0.3, -0.25) is 4.79 Å². The van der Waals surface area contributed by atoms with Crippen molar-refractivity contribution < 1.29 is 23.8 Å². The Kier molecular flexibility index (Phi) is 8.30. The summed E-state index contributed by atoms with van der Waals surface area (Å²) in [6.07, 6.45) is 5.35. The van der Waals surface area contributed by atoms with E-state index in [2.05, 4.69) is 11.2 Å². The maximum absolute atomic E-state index is 12.6. The number of carbonyl (C=O) groups excluding carboxylic acids is 2. The molecular weight excluding hydrogens is 382 g/mol. The number of terminal acetylenes is 1. The zero-order chi connectivity index (χ0) is 22.0. The van der Waals surface area contributed by atoms with E-state index in [0.717, 1.165) is 0 Å². The second-order valence-electron chi connectivity index (χ2n) is 7.50. The first kappa shape index (κ1) is 22.8.